The molecule has 0 aliphatic rings. The van der Waals surface area contributed by atoms with Gasteiger partial charge in [0.15, 0.2) is 0 Å². The van der Waals surface area contributed by atoms with Crippen LogP contribution >= 0.6 is 0 Å². The van der Waals surface area contributed by atoms with Crippen LogP contribution in [-0.2, 0) is 10.1 Å². The lowest BCUT2D eigenvalue weighted by Crippen LogP contribution is -2.15. The largest absolute Gasteiger partial charge is 0.285 e. The second kappa shape index (κ2) is 4.62. The summed E-state index contributed by atoms with van der Waals surface area (Å²) in [6.07, 6.45) is 3.13. The topological polar surface area (TPSA) is 54.4 Å². The molecule has 0 aliphatic heterocycles. The predicted octanol–water partition coefficient (Wildman–Crippen LogP) is 2.01. The van der Waals surface area contributed by atoms with Crippen molar-refractivity contribution < 1.29 is 13.0 Å². The normalized spacial score (nSPS) is 14.0. The standard InChI is InChI=1S/C8H16O3S/c1-7(2)5-4-6-8(3)12(9,10)11/h5,8H,4,6H2,1-3H3,(H,9,10,11). The molecule has 72 valence electrons. The van der Waals surface area contributed by atoms with Gasteiger partial charge in [-0.3, -0.25) is 4.55 Å². The first-order valence-electron chi connectivity index (χ1n) is 3.93. The summed E-state index contributed by atoms with van der Waals surface area (Å²) in [6, 6.07) is 0. The molecule has 4 heteroatoms. The van der Waals surface area contributed by atoms with Gasteiger partial charge in [0, 0.05) is 0 Å². The summed E-state index contributed by atoms with van der Waals surface area (Å²) >= 11 is 0. The molecule has 3 nitrogen and oxygen atoms in total. The minimum Gasteiger partial charge on any atom is -0.285 e. The van der Waals surface area contributed by atoms with Crippen LogP contribution in [0.25, 0.3) is 0 Å². The summed E-state index contributed by atoms with van der Waals surface area (Å²) < 4.78 is 29.7. The van der Waals surface area contributed by atoms with Gasteiger partial charge in [-0.05, 0) is 33.6 Å². The third kappa shape index (κ3) is 5.32. The van der Waals surface area contributed by atoms with Gasteiger partial charge in [0.2, 0.25) is 0 Å². The van der Waals surface area contributed by atoms with Crippen molar-refractivity contribution in [2.24, 2.45) is 0 Å². The predicted molar refractivity (Wildman–Crippen MR) is 49.7 cm³/mol. The quantitative estimate of drug-likeness (QED) is 0.547. The fraction of sp³-hybridized carbons (Fsp3) is 0.750. The van der Waals surface area contributed by atoms with Gasteiger partial charge in [0.25, 0.3) is 10.1 Å². The Morgan fingerprint density at radius 1 is 1.50 bits per heavy atom. The minimum absolute atomic E-state index is 0.476. The van der Waals surface area contributed by atoms with Crippen molar-refractivity contribution >= 4 is 10.1 Å². The van der Waals surface area contributed by atoms with E-state index in [4.69, 9.17) is 4.55 Å². The fourth-order valence-electron chi connectivity index (χ4n) is 0.756. The maximum absolute atomic E-state index is 10.5. The molecular formula is C8H16O3S. The molecule has 0 saturated carbocycles. The van der Waals surface area contributed by atoms with E-state index in [1.54, 1.807) is 0 Å². The first kappa shape index (κ1) is 11.6. The number of rotatable bonds is 4. The van der Waals surface area contributed by atoms with Crippen molar-refractivity contribution in [3.05, 3.63) is 11.6 Å². The second-order valence-corrected chi connectivity index (χ2v) is 5.02. The Morgan fingerprint density at radius 3 is 2.33 bits per heavy atom. The third-order valence-electron chi connectivity index (χ3n) is 1.63. The maximum Gasteiger partial charge on any atom is 0.267 e. The van der Waals surface area contributed by atoms with Gasteiger partial charge in [-0.25, -0.2) is 0 Å². The molecule has 0 rings (SSSR count). The van der Waals surface area contributed by atoms with Gasteiger partial charge >= 0.3 is 0 Å². The second-order valence-electron chi connectivity index (χ2n) is 3.18. The molecule has 0 fully saturated rings. The first-order chi connectivity index (χ1) is 5.34. The Bertz CT molecular complexity index is 247. The van der Waals surface area contributed by atoms with Crippen LogP contribution in [0.15, 0.2) is 11.6 Å². The van der Waals surface area contributed by atoms with Crippen molar-refractivity contribution in [2.75, 3.05) is 0 Å². The molecule has 0 aromatic rings. The number of hydrogen-bond acceptors (Lipinski definition) is 2. The highest BCUT2D eigenvalue weighted by molar-refractivity contribution is 7.86. The molecule has 0 bridgehead atoms. The highest BCUT2D eigenvalue weighted by Gasteiger charge is 2.15. The lowest BCUT2D eigenvalue weighted by molar-refractivity contribution is 0.466. The van der Waals surface area contributed by atoms with Gasteiger partial charge in [-0.2, -0.15) is 8.42 Å². The Balaban J connectivity index is 3.89. The molecule has 0 aliphatic carbocycles. The van der Waals surface area contributed by atoms with Crippen LogP contribution in [0.1, 0.15) is 33.6 Å². The van der Waals surface area contributed by atoms with Crippen molar-refractivity contribution in [1.82, 2.24) is 0 Å². The Kier molecular flexibility index (Phi) is 4.49. The number of allylic oxidation sites excluding steroid dienone is 2. The summed E-state index contributed by atoms with van der Waals surface area (Å²) in [4.78, 5) is 0. The van der Waals surface area contributed by atoms with Crippen LogP contribution in [0.5, 0.6) is 0 Å². The maximum atomic E-state index is 10.5. The van der Waals surface area contributed by atoms with E-state index in [1.807, 2.05) is 19.9 Å². The van der Waals surface area contributed by atoms with E-state index in [1.165, 1.54) is 6.92 Å². The Morgan fingerprint density at radius 2 is 2.00 bits per heavy atom. The molecule has 0 saturated heterocycles. The fourth-order valence-corrected chi connectivity index (χ4v) is 1.19. The average Bonchev–Trinajstić information content (AvgIpc) is 1.84. The zero-order valence-electron chi connectivity index (χ0n) is 7.74. The summed E-state index contributed by atoms with van der Waals surface area (Å²) in [5, 5.41) is -0.659. The van der Waals surface area contributed by atoms with Crippen LogP contribution in [-0.4, -0.2) is 18.2 Å². The summed E-state index contributed by atoms with van der Waals surface area (Å²) in [5.41, 5.74) is 1.16. The molecule has 0 spiro atoms. The van der Waals surface area contributed by atoms with Crippen molar-refractivity contribution in [3.63, 3.8) is 0 Å². The lowest BCUT2D eigenvalue weighted by atomic mass is 10.2. The first-order valence-corrected chi connectivity index (χ1v) is 5.44. The summed E-state index contributed by atoms with van der Waals surface area (Å²) in [5.74, 6) is 0. The smallest absolute Gasteiger partial charge is 0.267 e. The van der Waals surface area contributed by atoms with Gasteiger partial charge in [0.05, 0.1) is 5.25 Å². The Labute approximate surface area is 74.2 Å². The van der Waals surface area contributed by atoms with Crippen LogP contribution < -0.4 is 0 Å². The van der Waals surface area contributed by atoms with Crippen LogP contribution in [0.4, 0.5) is 0 Å². The van der Waals surface area contributed by atoms with Crippen molar-refractivity contribution in [3.8, 4) is 0 Å². The zero-order valence-corrected chi connectivity index (χ0v) is 8.56. The highest BCUT2D eigenvalue weighted by Crippen LogP contribution is 2.07. The molecule has 12 heavy (non-hydrogen) atoms. The van der Waals surface area contributed by atoms with E-state index in [9.17, 15) is 8.42 Å². The summed E-state index contributed by atoms with van der Waals surface area (Å²) in [6.45, 7) is 5.42. The van der Waals surface area contributed by atoms with Crippen LogP contribution in [0.2, 0.25) is 0 Å². The van der Waals surface area contributed by atoms with E-state index >= 15 is 0 Å². The Hall–Kier alpha value is -0.350. The van der Waals surface area contributed by atoms with Gasteiger partial charge in [0.1, 0.15) is 0 Å². The molecule has 1 unspecified atom stereocenters. The van der Waals surface area contributed by atoms with Crippen LogP contribution in [0, 0.1) is 0 Å². The van der Waals surface area contributed by atoms with E-state index < -0.39 is 15.4 Å². The lowest BCUT2D eigenvalue weighted by Gasteiger charge is -2.04. The van der Waals surface area contributed by atoms with Gasteiger partial charge in [-0.15, -0.1) is 0 Å². The molecule has 1 atom stereocenters. The van der Waals surface area contributed by atoms with Gasteiger partial charge in [-0.1, -0.05) is 11.6 Å². The van der Waals surface area contributed by atoms with Gasteiger partial charge < -0.3 is 0 Å². The van der Waals surface area contributed by atoms with E-state index in [0.29, 0.717) is 12.8 Å². The molecular weight excluding hydrogens is 176 g/mol. The van der Waals surface area contributed by atoms with E-state index in [0.717, 1.165) is 5.57 Å². The van der Waals surface area contributed by atoms with Crippen molar-refractivity contribution in [2.45, 2.75) is 38.9 Å². The molecule has 0 aromatic heterocycles. The van der Waals surface area contributed by atoms with E-state index in [2.05, 4.69) is 0 Å². The van der Waals surface area contributed by atoms with E-state index in [-0.39, 0.29) is 0 Å². The molecule has 0 heterocycles. The molecule has 1 N–H and O–H groups in total. The monoisotopic (exact) mass is 192 g/mol. The summed E-state index contributed by atoms with van der Waals surface area (Å²) in [7, 11) is -3.83. The highest BCUT2D eigenvalue weighted by atomic mass is 32.2. The third-order valence-corrected chi connectivity index (χ3v) is 2.89. The number of hydrogen-bond donors (Lipinski definition) is 1. The minimum atomic E-state index is -3.83. The SMILES string of the molecule is CC(C)=CCCC(C)S(=O)(=O)O. The van der Waals surface area contributed by atoms with Crippen molar-refractivity contribution in [1.29, 1.82) is 0 Å². The molecule has 0 aromatic carbocycles. The average molecular weight is 192 g/mol. The molecule has 0 amide bonds. The zero-order chi connectivity index (χ0) is 9.78. The molecule has 0 radical (unpaired) electrons. The van der Waals surface area contributed by atoms with Crippen LogP contribution in [0.3, 0.4) is 0 Å².